The van der Waals surface area contributed by atoms with Crippen molar-refractivity contribution in [2.75, 3.05) is 20.8 Å². The van der Waals surface area contributed by atoms with E-state index < -0.39 is 0 Å². The number of phenolic OH excluding ortho intramolecular Hbond substituents is 1. The number of methoxy groups -OCH3 is 2. The second-order valence-corrected chi connectivity index (χ2v) is 13.4. The van der Waals surface area contributed by atoms with Gasteiger partial charge >= 0.3 is 0 Å². The van der Waals surface area contributed by atoms with Crippen LogP contribution >= 0.6 is 0 Å². The number of hydrogen-bond acceptors (Lipinski definition) is 7. The molecule has 0 bridgehead atoms. The summed E-state index contributed by atoms with van der Waals surface area (Å²) in [6, 6.07) is 13.0. The molecule has 4 unspecified atom stereocenters. The molecule has 0 saturated carbocycles. The minimum absolute atomic E-state index is 0.238. The molecule has 0 amide bonds. The molecule has 7 heteroatoms. The first kappa shape index (κ1) is 37.6. The van der Waals surface area contributed by atoms with E-state index in [0.717, 1.165) is 89.3 Å². The Morgan fingerprint density at radius 1 is 1.10 bits per heavy atom. The molecule has 2 aromatic carbocycles. The van der Waals surface area contributed by atoms with Crippen molar-refractivity contribution in [3.05, 3.63) is 83.4 Å². The highest BCUT2D eigenvalue weighted by Crippen LogP contribution is 2.38. The minimum Gasteiger partial charge on any atom is -0.508 e. The fourth-order valence-electron chi connectivity index (χ4n) is 6.22. The van der Waals surface area contributed by atoms with Crippen molar-refractivity contribution in [1.29, 1.82) is 0 Å². The van der Waals surface area contributed by atoms with Crippen LogP contribution in [0, 0.1) is 23.7 Å². The number of allylic oxidation sites excluding steroid dienone is 4. The lowest BCUT2D eigenvalue weighted by molar-refractivity contribution is 0.335. The molecule has 4 rings (SSSR count). The van der Waals surface area contributed by atoms with Gasteiger partial charge in [-0.25, -0.2) is 4.99 Å². The van der Waals surface area contributed by atoms with Crippen LogP contribution in [-0.2, 0) is 4.74 Å². The third kappa shape index (κ3) is 9.90. The van der Waals surface area contributed by atoms with E-state index in [-0.39, 0.29) is 17.6 Å². The molecule has 4 atom stereocenters. The number of phenols is 1. The van der Waals surface area contributed by atoms with Gasteiger partial charge in [-0.05, 0) is 117 Å². The number of furan rings is 1. The standard InChI is InChI=1S/C42H56N2O5/c1-10-27(4)34(25-43-30(7)33-16-18-35(45)19-17-33)26-48-40-22-36(46-8)23-41-37(40)24-39(49-41)31(11-2)15-13-29(6)38-21-32(12-3)28(5)14-20-42(44-38)47-9/h11,16-19,21-25,27-29,32,45H,10,12-15,20,26H2,1-9H3/b31-11?,34-25-,38-21-,43-30?,44-42?. The Labute approximate surface area is 293 Å². The molecule has 1 N–H and O–H groups in total. The number of rotatable bonds is 14. The first-order valence-electron chi connectivity index (χ1n) is 17.9. The number of aliphatic imine (C=N–C) groups is 2. The smallest absolute Gasteiger partial charge is 0.187 e. The Morgan fingerprint density at radius 3 is 2.51 bits per heavy atom. The molecule has 1 aliphatic rings. The largest absolute Gasteiger partial charge is 0.508 e. The molecule has 7 nitrogen and oxygen atoms in total. The van der Waals surface area contributed by atoms with Crippen LogP contribution in [-0.4, -0.2) is 37.5 Å². The molecule has 0 radical (unpaired) electrons. The van der Waals surface area contributed by atoms with Gasteiger partial charge in [-0.3, -0.25) is 4.99 Å². The Kier molecular flexibility index (Phi) is 13.7. The molecular formula is C42H56N2O5. The van der Waals surface area contributed by atoms with Crippen LogP contribution in [0.3, 0.4) is 0 Å². The molecule has 264 valence electrons. The number of fused-ring (bicyclic) bond motifs is 1. The quantitative estimate of drug-likeness (QED) is 0.173. The summed E-state index contributed by atoms with van der Waals surface area (Å²) >= 11 is 0. The highest BCUT2D eigenvalue weighted by Gasteiger charge is 2.22. The Morgan fingerprint density at radius 2 is 1.86 bits per heavy atom. The maximum atomic E-state index is 9.65. The summed E-state index contributed by atoms with van der Waals surface area (Å²) in [7, 11) is 3.39. The molecule has 49 heavy (non-hydrogen) atoms. The molecule has 0 aliphatic carbocycles. The zero-order chi connectivity index (χ0) is 35.5. The van der Waals surface area contributed by atoms with E-state index in [2.05, 4.69) is 59.8 Å². The van der Waals surface area contributed by atoms with Crippen LogP contribution in [0.15, 0.2) is 86.5 Å². The van der Waals surface area contributed by atoms with Crippen LogP contribution in [0.1, 0.15) is 98.3 Å². The predicted octanol–water partition coefficient (Wildman–Crippen LogP) is 11.2. The van der Waals surface area contributed by atoms with E-state index in [1.54, 1.807) is 26.4 Å². The molecule has 1 aliphatic heterocycles. The number of nitrogens with zero attached hydrogens (tertiary/aromatic N) is 2. The fourth-order valence-corrected chi connectivity index (χ4v) is 6.22. The normalized spacial score (nSPS) is 20.1. The molecule has 1 aromatic heterocycles. The van der Waals surface area contributed by atoms with Gasteiger partial charge in [0, 0.05) is 36.2 Å². The lowest BCUT2D eigenvalue weighted by Gasteiger charge is -2.25. The Balaban J connectivity index is 1.56. The molecule has 2 heterocycles. The van der Waals surface area contributed by atoms with Gasteiger partial charge in [0.2, 0.25) is 0 Å². The van der Waals surface area contributed by atoms with Crippen LogP contribution in [0.25, 0.3) is 16.5 Å². The van der Waals surface area contributed by atoms with Gasteiger partial charge in [0.05, 0.1) is 19.6 Å². The van der Waals surface area contributed by atoms with Crippen LogP contribution < -0.4 is 9.47 Å². The van der Waals surface area contributed by atoms with Gasteiger partial charge in [-0.1, -0.05) is 46.8 Å². The third-order valence-electron chi connectivity index (χ3n) is 10.1. The first-order chi connectivity index (χ1) is 23.6. The zero-order valence-corrected chi connectivity index (χ0v) is 31.0. The van der Waals surface area contributed by atoms with Crippen molar-refractivity contribution in [3.63, 3.8) is 0 Å². The highest BCUT2D eigenvalue weighted by molar-refractivity contribution is 5.99. The van der Waals surface area contributed by atoms with Crippen molar-refractivity contribution in [2.24, 2.45) is 33.7 Å². The SMILES string of the molecule is CC=C(CCC(C)/C1=C/C(CC)C(C)CCC(OC)=N1)c1cc2c(OC/C(=C/N=C(C)c3ccc(O)cc3)C(C)CC)cc(OC)cc2o1. The number of aromatic hydroxyl groups is 1. The average Bonchev–Trinajstić information content (AvgIpc) is 3.54. The molecule has 0 saturated heterocycles. The number of benzene rings is 2. The summed E-state index contributed by atoms with van der Waals surface area (Å²) in [5.74, 6) is 4.97. The second-order valence-electron chi connectivity index (χ2n) is 13.4. The second kappa shape index (κ2) is 17.9. The lowest BCUT2D eigenvalue weighted by atomic mass is 9.84. The van der Waals surface area contributed by atoms with Crippen molar-refractivity contribution in [1.82, 2.24) is 0 Å². The van der Waals surface area contributed by atoms with Gasteiger partial charge in [0.25, 0.3) is 0 Å². The summed E-state index contributed by atoms with van der Waals surface area (Å²) in [5.41, 5.74) is 5.92. The van der Waals surface area contributed by atoms with Gasteiger partial charge in [-0.15, -0.1) is 0 Å². The summed E-state index contributed by atoms with van der Waals surface area (Å²) in [6.07, 6.45) is 12.3. The lowest BCUT2D eigenvalue weighted by Crippen LogP contribution is -2.17. The van der Waals surface area contributed by atoms with Gasteiger partial charge in [-0.2, -0.15) is 0 Å². The molecule has 0 spiro atoms. The van der Waals surface area contributed by atoms with Crippen LogP contribution in [0.2, 0.25) is 0 Å². The van der Waals surface area contributed by atoms with E-state index in [0.29, 0.717) is 29.9 Å². The average molecular weight is 669 g/mol. The van der Waals surface area contributed by atoms with Crippen molar-refractivity contribution in [3.8, 4) is 17.2 Å². The maximum Gasteiger partial charge on any atom is 0.187 e. The van der Waals surface area contributed by atoms with E-state index >= 15 is 0 Å². The van der Waals surface area contributed by atoms with Crippen LogP contribution in [0.5, 0.6) is 17.2 Å². The monoisotopic (exact) mass is 668 g/mol. The molecular weight excluding hydrogens is 612 g/mol. The first-order valence-corrected chi connectivity index (χ1v) is 17.9. The zero-order valence-electron chi connectivity index (χ0n) is 31.0. The third-order valence-corrected chi connectivity index (χ3v) is 10.1. The van der Waals surface area contributed by atoms with E-state index in [1.165, 1.54) is 0 Å². The molecule has 3 aromatic rings. The van der Waals surface area contributed by atoms with Crippen molar-refractivity contribution >= 4 is 28.2 Å². The van der Waals surface area contributed by atoms with E-state index in [4.69, 9.17) is 28.6 Å². The van der Waals surface area contributed by atoms with E-state index in [9.17, 15) is 5.11 Å². The minimum atomic E-state index is 0.238. The van der Waals surface area contributed by atoms with Crippen LogP contribution in [0.4, 0.5) is 0 Å². The number of hydrogen-bond donors (Lipinski definition) is 1. The summed E-state index contributed by atoms with van der Waals surface area (Å²) in [4.78, 5) is 9.75. The van der Waals surface area contributed by atoms with Gasteiger partial charge in [0.1, 0.15) is 35.2 Å². The van der Waals surface area contributed by atoms with Crippen molar-refractivity contribution < 1.29 is 23.7 Å². The van der Waals surface area contributed by atoms with Crippen molar-refractivity contribution in [2.45, 2.75) is 87.0 Å². The van der Waals surface area contributed by atoms with Gasteiger partial charge < -0.3 is 23.7 Å². The van der Waals surface area contributed by atoms with Gasteiger partial charge in [0.15, 0.2) is 5.90 Å². The number of ether oxygens (including phenoxy) is 3. The fraction of sp³-hybridized carbons (Fsp3) is 0.476. The Hall–Kier alpha value is -4.26. The highest BCUT2D eigenvalue weighted by atomic mass is 16.5. The predicted molar refractivity (Wildman–Crippen MR) is 203 cm³/mol. The summed E-state index contributed by atoms with van der Waals surface area (Å²) < 4.78 is 24.3. The van der Waals surface area contributed by atoms with E-state index in [1.807, 2.05) is 37.4 Å². The topological polar surface area (TPSA) is 85.8 Å². The Bertz CT molecular complexity index is 1690. The summed E-state index contributed by atoms with van der Waals surface area (Å²) in [6.45, 7) is 15.7. The summed E-state index contributed by atoms with van der Waals surface area (Å²) in [5, 5.41) is 10.6. The molecule has 0 fully saturated rings. The maximum absolute atomic E-state index is 9.65.